The van der Waals surface area contributed by atoms with Crippen LogP contribution < -0.4 is 15.4 Å². The summed E-state index contributed by atoms with van der Waals surface area (Å²) >= 11 is 0. The van der Waals surface area contributed by atoms with E-state index >= 15 is 0 Å². The Bertz CT molecular complexity index is 585. The number of hydrogen-bond donors (Lipinski definition) is 2. The number of nitrogens with zero attached hydrogens (tertiary/aromatic N) is 1. The van der Waals surface area contributed by atoms with Gasteiger partial charge in [0.05, 0.1) is 24.9 Å². The number of amides is 1. The molecule has 0 fully saturated rings. The highest BCUT2D eigenvalue weighted by atomic mass is 16.5. The monoisotopic (exact) mass is 313 g/mol. The molecule has 0 aliphatic rings. The average Bonchev–Trinajstić information content (AvgIpc) is 2.58. The number of hydrogen-bond acceptors (Lipinski definition) is 4. The molecule has 0 radical (unpaired) electrons. The highest BCUT2D eigenvalue weighted by Gasteiger charge is 2.04. The SMILES string of the molecule is CCCCNc1ccc(NC(=O)CCOc2ccccc2)nc1. The summed E-state index contributed by atoms with van der Waals surface area (Å²) in [4.78, 5) is 16.1. The van der Waals surface area contributed by atoms with Crippen LogP contribution in [0.2, 0.25) is 0 Å². The Labute approximate surface area is 137 Å². The van der Waals surface area contributed by atoms with E-state index in [1.807, 2.05) is 36.4 Å². The Morgan fingerprint density at radius 2 is 2.00 bits per heavy atom. The second-order valence-corrected chi connectivity index (χ2v) is 5.17. The van der Waals surface area contributed by atoms with Gasteiger partial charge in [-0.1, -0.05) is 31.5 Å². The Morgan fingerprint density at radius 1 is 1.17 bits per heavy atom. The van der Waals surface area contributed by atoms with Gasteiger partial charge < -0.3 is 15.4 Å². The fraction of sp³-hybridized carbons (Fsp3) is 0.333. The molecule has 1 heterocycles. The van der Waals surface area contributed by atoms with E-state index in [2.05, 4.69) is 22.5 Å². The van der Waals surface area contributed by atoms with E-state index in [0.29, 0.717) is 12.4 Å². The summed E-state index contributed by atoms with van der Waals surface area (Å²) in [6, 6.07) is 13.2. The van der Waals surface area contributed by atoms with Crippen molar-refractivity contribution in [1.82, 2.24) is 4.98 Å². The number of anilines is 2. The van der Waals surface area contributed by atoms with Crippen molar-refractivity contribution in [3.63, 3.8) is 0 Å². The summed E-state index contributed by atoms with van der Waals surface area (Å²) in [7, 11) is 0. The predicted octanol–water partition coefficient (Wildman–Crippen LogP) is 3.70. The molecule has 2 N–H and O–H groups in total. The summed E-state index contributed by atoms with van der Waals surface area (Å²) in [5.41, 5.74) is 0.962. The molecule has 0 saturated heterocycles. The smallest absolute Gasteiger partial charge is 0.228 e. The first-order chi connectivity index (χ1) is 11.3. The molecule has 0 atom stereocenters. The number of carbonyl (C=O) groups is 1. The molecular weight excluding hydrogens is 290 g/mol. The van der Waals surface area contributed by atoms with Crippen molar-refractivity contribution in [1.29, 1.82) is 0 Å². The van der Waals surface area contributed by atoms with Crippen LogP contribution in [0.5, 0.6) is 5.75 Å². The molecule has 0 unspecified atom stereocenters. The second kappa shape index (κ2) is 9.46. The molecule has 2 rings (SSSR count). The number of para-hydroxylation sites is 1. The second-order valence-electron chi connectivity index (χ2n) is 5.17. The van der Waals surface area contributed by atoms with Crippen molar-refractivity contribution in [3.8, 4) is 5.75 Å². The van der Waals surface area contributed by atoms with Gasteiger partial charge in [0.25, 0.3) is 0 Å². The Hall–Kier alpha value is -2.56. The van der Waals surface area contributed by atoms with Crippen LogP contribution in [0, 0.1) is 0 Å². The molecule has 0 spiro atoms. The first-order valence-corrected chi connectivity index (χ1v) is 7.95. The van der Waals surface area contributed by atoms with Gasteiger partial charge >= 0.3 is 0 Å². The van der Waals surface area contributed by atoms with Gasteiger partial charge in [-0.15, -0.1) is 0 Å². The molecule has 1 aromatic carbocycles. The largest absolute Gasteiger partial charge is 0.493 e. The number of rotatable bonds is 9. The molecule has 23 heavy (non-hydrogen) atoms. The van der Waals surface area contributed by atoms with Crippen LogP contribution in [-0.2, 0) is 4.79 Å². The van der Waals surface area contributed by atoms with Gasteiger partial charge in [0.1, 0.15) is 11.6 Å². The van der Waals surface area contributed by atoms with Crippen molar-refractivity contribution in [2.24, 2.45) is 0 Å². The van der Waals surface area contributed by atoms with Crippen molar-refractivity contribution in [3.05, 3.63) is 48.7 Å². The van der Waals surface area contributed by atoms with Crippen LogP contribution in [0.15, 0.2) is 48.7 Å². The zero-order chi connectivity index (χ0) is 16.3. The molecule has 0 bridgehead atoms. The molecule has 0 saturated carbocycles. The summed E-state index contributed by atoms with van der Waals surface area (Å²) in [6.07, 6.45) is 4.29. The van der Waals surface area contributed by atoms with Crippen molar-refractivity contribution >= 4 is 17.4 Å². The van der Waals surface area contributed by atoms with Crippen LogP contribution in [0.3, 0.4) is 0 Å². The lowest BCUT2D eigenvalue weighted by Crippen LogP contribution is -2.16. The van der Waals surface area contributed by atoms with E-state index in [9.17, 15) is 4.79 Å². The molecule has 2 aromatic rings. The first kappa shape index (κ1) is 16.8. The number of aromatic nitrogens is 1. The summed E-state index contributed by atoms with van der Waals surface area (Å²) in [5.74, 6) is 1.21. The van der Waals surface area contributed by atoms with Gasteiger partial charge in [-0.3, -0.25) is 4.79 Å². The van der Waals surface area contributed by atoms with Crippen LogP contribution in [0.1, 0.15) is 26.2 Å². The Morgan fingerprint density at radius 3 is 2.70 bits per heavy atom. The minimum atomic E-state index is -0.111. The van der Waals surface area contributed by atoms with Crippen molar-refractivity contribution < 1.29 is 9.53 Å². The number of benzene rings is 1. The lowest BCUT2D eigenvalue weighted by Gasteiger charge is -2.08. The molecule has 122 valence electrons. The van der Waals surface area contributed by atoms with E-state index in [1.165, 1.54) is 0 Å². The van der Waals surface area contributed by atoms with E-state index in [4.69, 9.17) is 4.74 Å². The van der Waals surface area contributed by atoms with E-state index < -0.39 is 0 Å². The van der Waals surface area contributed by atoms with E-state index in [1.54, 1.807) is 12.3 Å². The third-order valence-corrected chi connectivity index (χ3v) is 3.23. The number of unbranched alkanes of at least 4 members (excludes halogenated alkanes) is 1. The molecule has 0 aliphatic heterocycles. The third kappa shape index (κ3) is 6.38. The number of ether oxygens (including phenoxy) is 1. The molecule has 5 nitrogen and oxygen atoms in total. The predicted molar refractivity (Wildman–Crippen MR) is 92.8 cm³/mol. The normalized spacial score (nSPS) is 10.1. The highest BCUT2D eigenvalue weighted by molar-refractivity contribution is 5.89. The maximum absolute atomic E-state index is 11.9. The minimum Gasteiger partial charge on any atom is -0.493 e. The van der Waals surface area contributed by atoms with Crippen LogP contribution in [0.25, 0.3) is 0 Å². The molecule has 1 amide bonds. The van der Waals surface area contributed by atoms with Gasteiger partial charge in [-0.05, 0) is 30.7 Å². The average molecular weight is 313 g/mol. The van der Waals surface area contributed by atoms with Crippen molar-refractivity contribution in [2.75, 3.05) is 23.8 Å². The minimum absolute atomic E-state index is 0.111. The standard InChI is InChI=1S/C18H23N3O2/c1-2-3-12-19-15-9-10-17(20-14-15)21-18(22)11-13-23-16-7-5-4-6-8-16/h4-10,14,19H,2-3,11-13H2,1H3,(H,20,21,22). The van der Waals surface area contributed by atoms with Gasteiger partial charge in [-0.25, -0.2) is 4.98 Å². The Balaban J connectivity index is 1.70. The zero-order valence-electron chi connectivity index (χ0n) is 13.4. The molecule has 5 heteroatoms. The quantitative estimate of drug-likeness (QED) is 0.693. The highest BCUT2D eigenvalue weighted by Crippen LogP contribution is 2.11. The van der Waals surface area contributed by atoms with E-state index in [0.717, 1.165) is 30.8 Å². The zero-order valence-corrected chi connectivity index (χ0v) is 13.4. The van der Waals surface area contributed by atoms with Crippen LogP contribution >= 0.6 is 0 Å². The molecular formula is C18H23N3O2. The van der Waals surface area contributed by atoms with Gasteiger partial charge in [0, 0.05) is 6.54 Å². The molecule has 0 aliphatic carbocycles. The summed E-state index contributed by atoms with van der Waals surface area (Å²) in [6.45, 7) is 3.42. The lowest BCUT2D eigenvalue weighted by atomic mass is 10.3. The van der Waals surface area contributed by atoms with Gasteiger partial charge in [0.2, 0.25) is 5.91 Å². The maximum Gasteiger partial charge on any atom is 0.228 e. The fourth-order valence-corrected chi connectivity index (χ4v) is 1.97. The van der Waals surface area contributed by atoms with Crippen LogP contribution in [0.4, 0.5) is 11.5 Å². The van der Waals surface area contributed by atoms with E-state index in [-0.39, 0.29) is 12.3 Å². The summed E-state index contributed by atoms with van der Waals surface area (Å²) < 4.78 is 5.50. The van der Waals surface area contributed by atoms with Gasteiger partial charge in [0.15, 0.2) is 0 Å². The van der Waals surface area contributed by atoms with Gasteiger partial charge in [-0.2, -0.15) is 0 Å². The van der Waals surface area contributed by atoms with Crippen LogP contribution in [-0.4, -0.2) is 24.0 Å². The fourth-order valence-electron chi connectivity index (χ4n) is 1.97. The third-order valence-electron chi connectivity index (χ3n) is 3.23. The first-order valence-electron chi connectivity index (χ1n) is 7.95. The molecule has 1 aromatic heterocycles. The number of pyridine rings is 1. The van der Waals surface area contributed by atoms with Crippen molar-refractivity contribution in [2.45, 2.75) is 26.2 Å². The maximum atomic E-state index is 11.9. The topological polar surface area (TPSA) is 63.2 Å². The number of carbonyl (C=O) groups excluding carboxylic acids is 1. The lowest BCUT2D eigenvalue weighted by molar-refractivity contribution is -0.116. The summed E-state index contributed by atoms with van der Waals surface area (Å²) in [5, 5.41) is 6.05. The Kier molecular flexibility index (Phi) is 6.91. The number of nitrogens with one attached hydrogen (secondary N) is 2.